The average Bonchev–Trinajstić information content (AvgIpc) is 2.84. The highest BCUT2D eigenvalue weighted by molar-refractivity contribution is 6.30. The second-order valence-electron chi connectivity index (χ2n) is 9.76. The van der Waals surface area contributed by atoms with E-state index >= 15 is 0 Å². The van der Waals surface area contributed by atoms with Gasteiger partial charge in [-0.1, -0.05) is 54.5 Å². The minimum absolute atomic E-state index is 0.130. The molecule has 2 aromatic carbocycles. The van der Waals surface area contributed by atoms with Gasteiger partial charge in [-0.3, -0.25) is 0 Å². The van der Waals surface area contributed by atoms with Gasteiger partial charge >= 0.3 is 0 Å². The Labute approximate surface area is 198 Å². The van der Waals surface area contributed by atoms with Crippen LogP contribution in [0.15, 0.2) is 55.1 Å². The SMILES string of the molecule is C=CCCC1CCC(C2CCC(c3ccc(C#Cc4ccc(Cl)c(F)c4)cc3)CC2)CC1. The lowest BCUT2D eigenvalue weighted by Gasteiger charge is -2.38. The topological polar surface area (TPSA) is 0 Å². The summed E-state index contributed by atoms with van der Waals surface area (Å²) in [5.41, 5.74) is 3.05. The summed E-state index contributed by atoms with van der Waals surface area (Å²) in [7, 11) is 0. The Bertz CT molecular complexity index is 949. The minimum atomic E-state index is -0.426. The summed E-state index contributed by atoms with van der Waals surface area (Å²) in [6.07, 6.45) is 15.8. The van der Waals surface area contributed by atoms with E-state index in [1.807, 2.05) is 0 Å². The Kier molecular flexibility index (Phi) is 8.10. The molecular formula is C30H34ClF. The molecule has 0 atom stereocenters. The third kappa shape index (κ3) is 6.05. The van der Waals surface area contributed by atoms with Crippen molar-refractivity contribution in [2.45, 2.75) is 70.1 Å². The maximum Gasteiger partial charge on any atom is 0.143 e. The lowest BCUT2D eigenvalue weighted by molar-refractivity contribution is 0.157. The first-order valence-corrected chi connectivity index (χ1v) is 12.7. The fourth-order valence-electron chi connectivity index (χ4n) is 5.78. The summed E-state index contributed by atoms with van der Waals surface area (Å²) in [5.74, 6) is 9.28. The number of hydrogen-bond donors (Lipinski definition) is 0. The second kappa shape index (κ2) is 11.2. The molecule has 2 heteroatoms. The van der Waals surface area contributed by atoms with Crippen LogP contribution < -0.4 is 0 Å². The molecule has 0 aromatic heterocycles. The summed E-state index contributed by atoms with van der Waals surface area (Å²) in [5, 5.41) is 0.130. The zero-order valence-corrected chi connectivity index (χ0v) is 19.7. The molecule has 0 unspecified atom stereocenters. The number of hydrogen-bond acceptors (Lipinski definition) is 0. The van der Waals surface area contributed by atoms with Crippen LogP contribution in [0.1, 0.15) is 86.8 Å². The summed E-state index contributed by atoms with van der Waals surface area (Å²) in [6, 6.07) is 13.4. The van der Waals surface area contributed by atoms with Gasteiger partial charge in [0.15, 0.2) is 0 Å². The largest absolute Gasteiger partial charge is 0.205 e. The van der Waals surface area contributed by atoms with Gasteiger partial charge in [0.25, 0.3) is 0 Å². The van der Waals surface area contributed by atoms with Crippen molar-refractivity contribution in [3.05, 3.63) is 82.6 Å². The van der Waals surface area contributed by atoms with Crippen molar-refractivity contribution in [3.63, 3.8) is 0 Å². The monoisotopic (exact) mass is 448 g/mol. The zero-order valence-electron chi connectivity index (χ0n) is 19.0. The molecule has 32 heavy (non-hydrogen) atoms. The molecule has 2 fully saturated rings. The van der Waals surface area contributed by atoms with Gasteiger partial charge in [-0.15, -0.1) is 6.58 Å². The van der Waals surface area contributed by atoms with Crippen molar-refractivity contribution in [1.82, 2.24) is 0 Å². The highest BCUT2D eigenvalue weighted by atomic mass is 35.5. The van der Waals surface area contributed by atoms with Crippen LogP contribution in [0.5, 0.6) is 0 Å². The Morgan fingerprint density at radius 1 is 0.844 bits per heavy atom. The normalized spacial score (nSPS) is 25.6. The fourth-order valence-corrected chi connectivity index (χ4v) is 5.90. The Morgan fingerprint density at radius 2 is 1.44 bits per heavy atom. The van der Waals surface area contributed by atoms with Gasteiger partial charge in [0.2, 0.25) is 0 Å². The maximum atomic E-state index is 13.6. The van der Waals surface area contributed by atoms with Gasteiger partial charge < -0.3 is 0 Å². The average molecular weight is 449 g/mol. The predicted octanol–water partition coefficient (Wildman–Crippen LogP) is 8.93. The van der Waals surface area contributed by atoms with Gasteiger partial charge in [-0.25, -0.2) is 4.39 Å². The minimum Gasteiger partial charge on any atom is -0.205 e. The fraction of sp³-hybridized carbons (Fsp3) is 0.467. The van der Waals surface area contributed by atoms with Crippen LogP contribution >= 0.6 is 11.6 Å². The van der Waals surface area contributed by atoms with Gasteiger partial charge in [-0.2, -0.15) is 0 Å². The summed E-state index contributed by atoms with van der Waals surface area (Å²) >= 11 is 5.74. The van der Waals surface area contributed by atoms with Crippen LogP contribution in [-0.2, 0) is 0 Å². The van der Waals surface area contributed by atoms with E-state index in [-0.39, 0.29) is 5.02 Å². The number of benzene rings is 2. The van der Waals surface area contributed by atoms with Crippen LogP contribution in [0.3, 0.4) is 0 Å². The molecule has 0 aliphatic heterocycles. The van der Waals surface area contributed by atoms with Gasteiger partial charge in [0.1, 0.15) is 5.82 Å². The van der Waals surface area contributed by atoms with Crippen molar-refractivity contribution in [2.24, 2.45) is 17.8 Å². The molecule has 0 spiro atoms. The van der Waals surface area contributed by atoms with Gasteiger partial charge in [-0.05, 0) is 111 Å². The smallest absolute Gasteiger partial charge is 0.143 e. The molecule has 0 N–H and O–H groups in total. The first kappa shape index (κ1) is 23.1. The molecule has 4 rings (SSSR count). The Balaban J connectivity index is 1.27. The van der Waals surface area contributed by atoms with Crippen LogP contribution in [-0.4, -0.2) is 0 Å². The quantitative estimate of drug-likeness (QED) is 0.316. The van der Waals surface area contributed by atoms with E-state index in [0.717, 1.165) is 23.3 Å². The number of rotatable bonds is 5. The van der Waals surface area contributed by atoms with Crippen molar-refractivity contribution >= 4 is 11.6 Å². The summed E-state index contributed by atoms with van der Waals surface area (Å²) in [6.45, 7) is 3.87. The van der Waals surface area contributed by atoms with Crippen molar-refractivity contribution in [2.75, 3.05) is 0 Å². The van der Waals surface area contributed by atoms with Crippen LogP contribution in [0.2, 0.25) is 5.02 Å². The van der Waals surface area contributed by atoms with Gasteiger partial charge in [0.05, 0.1) is 5.02 Å². The van der Waals surface area contributed by atoms with E-state index in [1.165, 1.54) is 75.8 Å². The molecule has 2 aliphatic carbocycles. The first-order valence-electron chi connectivity index (χ1n) is 12.3. The van der Waals surface area contributed by atoms with Crippen molar-refractivity contribution < 1.29 is 4.39 Å². The number of allylic oxidation sites excluding steroid dienone is 1. The van der Waals surface area contributed by atoms with Gasteiger partial charge in [0, 0.05) is 11.1 Å². The number of halogens is 2. The third-order valence-corrected chi connectivity index (χ3v) is 8.07. The second-order valence-corrected chi connectivity index (χ2v) is 10.2. The zero-order chi connectivity index (χ0) is 22.3. The molecule has 168 valence electrons. The predicted molar refractivity (Wildman–Crippen MR) is 133 cm³/mol. The standard InChI is InChI=1S/C30H34ClF/c1-2-3-4-22-7-12-25(13-8-22)27-16-18-28(19-17-27)26-14-9-23(10-15-26)5-6-24-11-20-29(31)30(32)21-24/h2,9-11,14-15,20-22,25,27-28H,1,3-4,7-8,12-13,16-19H2. The molecule has 2 aliphatic rings. The highest BCUT2D eigenvalue weighted by Crippen LogP contribution is 2.44. The van der Waals surface area contributed by atoms with Crippen LogP contribution in [0, 0.1) is 35.4 Å². The molecule has 0 bridgehead atoms. The van der Waals surface area contributed by atoms with Crippen molar-refractivity contribution in [3.8, 4) is 11.8 Å². The van der Waals surface area contributed by atoms with E-state index in [1.54, 1.807) is 12.1 Å². The Morgan fingerprint density at radius 3 is 2.06 bits per heavy atom. The third-order valence-electron chi connectivity index (χ3n) is 7.76. The molecule has 2 saturated carbocycles. The summed E-state index contributed by atoms with van der Waals surface area (Å²) < 4.78 is 13.6. The van der Waals surface area contributed by atoms with Crippen molar-refractivity contribution in [1.29, 1.82) is 0 Å². The molecular weight excluding hydrogens is 415 g/mol. The summed E-state index contributed by atoms with van der Waals surface area (Å²) in [4.78, 5) is 0. The van der Waals surface area contributed by atoms with E-state index in [2.05, 4.69) is 48.8 Å². The van der Waals surface area contributed by atoms with E-state index in [4.69, 9.17) is 11.6 Å². The molecule has 0 heterocycles. The van der Waals surface area contributed by atoms with E-state index in [0.29, 0.717) is 11.5 Å². The lowest BCUT2D eigenvalue weighted by atomic mass is 9.68. The molecule has 0 nitrogen and oxygen atoms in total. The molecule has 0 amide bonds. The molecule has 2 aromatic rings. The maximum absolute atomic E-state index is 13.6. The van der Waals surface area contributed by atoms with Crippen LogP contribution in [0.4, 0.5) is 4.39 Å². The van der Waals surface area contributed by atoms with E-state index in [9.17, 15) is 4.39 Å². The highest BCUT2D eigenvalue weighted by Gasteiger charge is 2.31. The molecule has 0 saturated heterocycles. The molecule has 0 radical (unpaired) electrons. The van der Waals surface area contributed by atoms with Crippen LogP contribution in [0.25, 0.3) is 0 Å². The van der Waals surface area contributed by atoms with E-state index < -0.39 is 5.82 Å². The Hall–Kier alpha value is -2.04. The lowest BCUT2D eigenvalue weighted by Crippen LogP contribution is -2.25. The first-order chi connectivity index (χ1) is 15.6.